The molecule has 4 heterocycles. The Morgan fingerprint density at radius 3 is 2.79 bits per heavy atom. The summed E-state index contributed by atoms with van der Waals surface area (Å²) in [6.07, 6.45) is 5.82. The summed E-state index contributed by atoms with van der Waals surface area (Å²) in [5.41, 5.74) is 8.47. The van der Waals surface area contributed by atoms with Crippen LogP contribution in [0.5, 0.6) is 0 Å². The molecule has 0 saturated carbocycles. The molecule has 3 aromatic heterocycles. The Labute approximate surface area is 169 Å². The summed E-state index contributed by atoms with van der Waals surface area (Å²) in [4.78, 5) is 26.0. The number of carbonyl (C=O) groups is 1. The van der Waals surface area contributed by atoms with Crippen molar-refractivity contribution in [2.75, 3.05) is 52.0 Å². The van der Waals surface area contributed by atoms with E-state index >= 15 is 0 Å². The monoisotopic (exact) mass is 394 g/mol. The van der Waals surface area contributed by atoms with Gasteiger partial charge in [-0.25, -0.2) is 9.50 Å². The number of aromatic nitrogens is 4. The molecular formula is C20H26N8O. The van der Waals surface area contributed by atoms with Gasteiger partial charge in [-0.15, -0.1) is 5.10 Å². The SMILES string of the molecule is CN1CCN(CCCNC(=O)c2cnc3c(-c4ccccn4)c(N)nn3c2)CC1. The summed E-state index contributed by atoms with van der Waals surface area (Å²) in [7, 11) is 2.15. The highest BCUT2D eigenvalue weighted by molar-refractivity contribution is 5.94. The van der Waals surface area contributed by atoms with Crippen molar-refractivity contribution < 1.29 is 4.79 Å². The van der Waals surface area contributed by atoms with E-state index in [1.165, 1.54) is 0 Å². The molecule has 0 bridgehead atoms. The van der Waals surface area contributed by atoms with Gasteiger partial charge in [-0.2, -0.15) is 0 Å². The topological polar surface area (TPSA) is 105 Å². The highest BCUT2D eigenvalue weighted by Crippen LogP contribution is 2.27. The molecule has 0 unspecified atom stereocenters. The number of pyridine rings is 1. The molecule has 1 aliphatic heterocycles. The van der Waals surface area contributed by atoms with Crippen molar-refractivity contribution in [1.82, 2.24) is 34.7 Å². The van der Waals surface area contributed by atoms with Crippen LogP contribution < -0.4 is 11.1 Å². The molecule has 29 heavy (non-hydrogen) atoms. The van der Waals surface area contributed by atoms with Gasteiger partial charge in [-0.05, 0) is 32.1 Å². The summed E-state index contributed by atoms with van der Waals surface area (Å²) in [5.74, 6) is 0.173. The second-order valence-electron chi connectivity index (χ2n) is 7.34. The van der Waals surface area contributed by atoms with E-state index in [1.807, 2.05) is 18.2 Å². The zero-order chi connectivity index (χ0) is 20.2. The van der Waals surface area contributed by atoms with E-state index in [0.717, 1.165) is 39.1 Å². The molecule has 1 fully saturated rings. The van der Waals surface area contributed by atoms with Gasteiger partial charge in [0.2, 0.25) is 0 Å². The molecule has 1 saturated heterocycles. The van der Waals surface area contributed by atoms with Gasteiger partial charge < -0.3 is 20.9 Å². The van der Waals surface area contributed by atoms with Crippen molar-refractivity contribution in [2.45, 2.75) is 6.42 Å². The van der Waals surface area contributed by atoms with Crippen LogP contribution in [-0.4, -0.2) is 81.6 Å². The van der Waals surface area contributed by atoms with Gasteiger partial charge in [-0.3, -0.25) is 9.78 Å². The van der Waals surface area contributed by atoms with Crippen molar-refractivity contribution in [2.24, 2.45) is 0 Å². The Kier molecular flexibility index (Phi) is 5.68. The molecule has 0 aromatic carbocycles. The molecule has 0 spiro atoms. The number of likely N-dealkylation sites (N-methyl/N-ethyl adjacent to an activating group) is 1. The van der Waals surface area contributed by atoms with Crippen molar-refractivity contribution in [1.29, 1.82) is 0 Å². The summed E-state index contributed by atoms with van der Waals surface area (Å²) in [6, 6.07) is 5.58. The van der Waals surface area contributed by atoms with Crippen LogP contribution in [0, 0.1) is 0 Å². The van der Waals surface area contributed by atoms with Gasteiger partial charge in [0.15, 0.2) is 11.5 Å². The fourth-order valence-corrected chi connectivity index (χ4v) is 3.50. The number of fused-ring (bicyclic) bond motifs is 1. The molecule has 1 aliphatic rings. The first-order valence-electron chi connectivity index (χ1n) is 9.86. The van der Waals surface area contributed by atoms with Gasteiger partial charge in [0, 0.05) is 51.3 Å². The molecule has 9 nitrogen and oxygen atoms in total. The van der Waals surface area contributed by atoms with Crippen LogP contribution in [-0.2, 0) is 0 Å². The minimum absolute atomic E-state index is 0.161. The summed E-state index contributed by atoms with van der Waals surface area (Å²) in [6.45, 7) is 6.00. The lowest BCUT2D eigenvalue weighted by Gasteiger charge is -2.32. The zero-order valence-electron chi connectivity index (χ0n) is 16.6. The quantitative estimate of drug-likeness (QED) is 0.594. The molecular weight excluding hydrogens is 368 g/mol. The van der Waals surface area contributed by atoms with E-state index in [-0.39, 0.29) is 5.91 Å². The van der Waals surface area contributed by atoms with Crippen molar-refractivity contribution in [3.63, 3.8) is 0 Å². The molecule has 3 aromatic rings. The fraction of sp³-hybridized carbons (Fsp3) is 0.400. The maximum atomic E-state index is 12.5. The van der Waals surface area contributed by atoms with Gasteiger partial charge >= 0.3 is 0 Å². The number of amides is 1. The molecule has 3 N–H and O–H groups in total. The van der Waals surface area contributed by atoms with E-state index in [9.17, 15) is 4.79 Å². The van der Waals surface area contributed by atoms with Gasteiger partial charge in [0.25, 0.3) is 5.91 Å². The van der Waals surface area contributed by atoms with Gasteiger partial charge in [0.1, 0.15) is 0 Å². The lowest BCUT2D eigenvalue weighted by atomic mass is 10.2. The Bertz CT molecular complexity index is 979. The third-order valence-electron chi connectivity index (χ3n) is 5.22. The third kappa shape index (κ3) is 4.36. The Morgan fingerprint density at radius 2 is 2.03 bits per heavy atom. The first-order valence-corrected chi connectivity index (χ1v) is 9.86. The highest BCUT2D eigenvalue weighted by Gasteiger charge is 2.17. The van der Waals surface area contributed by atoms with Crippen LogP contribution in [0.15, 0.2) is 36.8 Å². The molecule has 4 rings (SSSR count). The van der Waals surface area contributed by atoms with E-state index in [2.05, 4.69) is 37.2 Å². The lowest BCUT2D eigenvalue weighted by Crippen LogP contribution is -2.45. The van der Waals surface area contributed by atoms with Crippen LogP contribution in [0.1, 0.15) is 16.8 Å². The maximum Gasteiger partial charge on any atom is 0.254 e. The zero-order valence-corrected chi connectivity index (χ0v) is 16.6. The number of nitrogens with one attached hydrogen (secondary N) is 1. The molecule has 0 atom stereocenters. The number of piperazine rings is 1. The minimum Gasteiger partial charge on any atom is -0.382 e. The van der Waals surface area contributed by atoms with E-state index in [1.54, 1.807) is 23.1 Å². The molecule has 0 aliphatic carbocycles. The summed E-state index contributed by atoms with van der Waals surface area (Å²) in [5, 5.41) is 7.26. The molecule has 9 heteroatoms. The van der Waals surface area contributed by atoms with Crippen molar-refractivity contribution >= 4 is 17.4 Å². The van der Waals surface area contributed by atoms with Crippen molar-refractivity contribution in [3.05, 3.63) is 42.4 Å². The molecule has 1 amide bonds. The average Bonchev–Trinajstić information content (AvgIpc) is 3.07. The number of nitrogens with two attached hydrogens (primary N) is 1. The fourth-order valence-electron chi connectivity index (χ4n) is 3.50. The first-order chi connectivity index (χ1) is 14.1. The summed E-state index contributed by atoms with van der Waals surface area (Å²) >= 11 is 0. The number of carbonyl (C=O) groups excluding carboxylic acids is 1. The maximum absolute atomic E-state index is 12.5. The standard InChI is InChI=1S/C20H26N8O/c1-26-9-11-27(12-10-26)8-4-7-23-20(29)15-13-24-19-17(16-5-2-3-6-22-16)18(21)25-28(19)14-15/h2-3,5-6,13-14H,4,7-12H2,1H3,(H2,21,25)(H,23,29). The summed E-state index contributed by atoms with van der Waals surface area (Å²) < 4.78 is 1.54. The largest absolute Gasteiger partial charge is 0.382 e. The molecule has 0 radical (unpaired) electrons. The minimum atomic E-state index is -0.161. The number of hydrogen-bond acceptors (Lipinski definition) is 7. The van der Waals surface area contributed by atoms with Crippen LogP contribution in [0.25, 0.3) is 16.9 Å². The normalized spacial score (nSPS) is 15.6. The Balaban J connectivity index is 1.37. The second-order valence-corrected chi connectivity index (χ2v) is 7.34. The van der Waals surface area contributed by atoms with Crippen LogP contribution >= 0.6 is 0 Å². The third-order valence-corrected chi connectivity index (χ3v) is 5.22. The predicted molar refractivity (Wildman–Crippen MR) is 112 cm³/mol. The van der Waals surface area contributed by atoms with Gasteiger partial charge in [0.05, 0.1) is 16.8 Å². The number of nitrogen functional groups attached to an aromatic ring is 1. The number of nitrogens with zero attached hydrogens (tertiary/aromatic N) is 6. The van der Waals surface area contributed by atoms with E-state index in [0.29, 0.717) is 34.8 Å². The second kappa shape index (κ2) is 8.54. The smallest absolute Gasteiger partial charge is 0.254 e. The van der Waals surface area contributed by atoms with Crippen molar-refractivity contribution in [3.8, 4) is 11.3 Å². The van der Waals surface area contributed by atoms with E-state index in [4.69, 9.17) is 5.73 Å². The van der Waals surface area contributed by atoms with Gasteiger partial charge in [-0.1, -0.05) is 6.07 Å². The Morgan fingerprint density at radius 1 is 1.21 bits per heavy atom. The van der Waals surface area contributed by atoms with E-state index < -0.39 is 0 Å². The average molecular weight is 394 g/mol. The Hall–Kier alpha value is -3.04. The van der Waals surface area contributed by atoms with Crippen LogP contribution in [0.4, 0.5) is 5.82 Å². The number of hydrogen-bond donors (Lipinski definition) is 2. The van der Waals surface area contributed by atoms with Crippen LogP contribution in [0.3, 0.4) is 0 Å². The predicted octanol–water partition coefficient (Wildman–Crippen LogP) is 0.741. The lowest BCUT2D eigenvalue weighted by molar-refractivity contribution is 0.0948. The molecule has 152 valence electrons. The highest BCUT2D eigenvalue weighted by atomic mass is 16.1. The van der Waals surface area contributed by atoms with Crippen LogP contribution in [0.2, 0.25) is 0 Å². The number of anilines is 1. The number of rotatable bonds is 6. The first kappa shape index (κ1) is 19.3.